The minimum Gasteiger partial charge on any atom is -0.496 e. The molecule has 0 aliphatic heterocycles. The second-order valence-corrected chi connectivity index (χ2v) is 3.13. The number of aryl methyl sites for hydroxylation is 1. The molecule has 1 aromatic carbocycles. The summed E-state index contributed by atoms with van der Waals surface area (Å²) in [5.74, 6) is -0.414. The molecule has 0 bridgehead atoms. The van der Waals surface area contributed by atoms with E-state index in [9.17, 15) is 9.18 Å². The topological polar surface area (TPSA) is 46.5 Å². The number of ether oxygens (including phenoxy) is 1. The van der Waals surface area contributed by atoms with E-state index in [2.05, 4.69) is 0 Å². The van der Waals surface area contributed by atoms with Crippen LogP contribution in [0.25, 0.3) is 0 Å². The van der Waals surface area contributed by atoms with Crippen LogP contribution in [0.2, 0.25) is 0 Å². The summed E-state index contributed by atoms with van der Waals surface area (Å²) in [6.07, 6.45) is 0.325. The fourth-order valence-electron chi connectivity index (χ4n) is 1.43. The largest absolute Gasteiger partial charge is 0.496 e. The van der Waals surface area contributed by atoms with Gasteiger partial charge in [-0.1, -0.05) is 12.1 Å². The van der Waals surface area contributed by atoms with Crippen molar-refractivity contribution >= 4 is 5.97 Å². The van der Waals surface area contributed by atoms with Crippen LogP contribution in [0.3, 0.4) is 0 Å². The summed E-state index contributed by atoms with van der Waals surface area (Å²) >= 11 is 0. The van der Waals surface area contributed by atoms with Gasteiger partial charge in [0.1, 0.15) is 12.4 Å². The van der Waals surface area contributed by atoms with Crippen LogP contribution < -0.4 is 4.74 Å². The predicted molar refractivity (Wildman–Crippen MR) is 53.8 cm³/mol. The number of benzene rings is 1. The molecule has 0 fully saturated rings. The second-order valence-electron chi connectivity index (χ2n) is 3.13. The van der Waals surface area contributed by atoms with Crippen molar-refractivity contribution in [3.05, 3.63) is 29.3 Å². The summed E-state index contributed by atoms with van der Waals surface area (Å²) in [5, 5.41) is 8.54. The third-order valence-corrected chi connectivity index (χ3v) is 2.19. The van der Waals surface area contributed by atoms with Gasteiger partial charge in [-0.25, -0.2) is 4.39 Å². The highest BCUT2D eigenvalue weighted by Crippen LogP contribution is 2.24. The molecule has 0 aliphatic carbocycles. The standard InChI is InChI=1S/C11H13FO3/c1-15-10-4-2-3-8(9(10)7-12)5-6-11(13)14/h2-4H,5-7H2,1H3,(H,13,14). The first-order valence-corrected chi connectivity index (χ1v) is 4.61. The Kier molecular flexibility index (Phi) is 4.09. The Balaban J connectivity index is 2.90. The summed E-state index contributed by atoms with van der Waals surface area (Å²) < 4.78 is 17.7. The molecule has 0 aliphatic rings. The van der Waals surface area contributed by atoms with Gasteiger partial charge in [0.15, 0.2) is 0 Å². The number of rotatable bonds is 5. The molecule has 0 heterocycles. The first-order chi connectivity index (χ1) is 7.19. The number of carbonyl (C=O) groups is 1. The minimum absolute atomic E-state index is 0.000166. The third-order valence-electron chi connectivity index (χ3n) is 2.19. The quantitative estimate of drug-likeness (QED) is 0.813. The van der Waals surface area contributed by atoms with E-state index >= 15 is 0 Å². The molecule has 1 rings (SSSR count). The van der Waals surface area contributed by atoms with Crippen LogP contribution in [0.15, 0.2) is 18.2 Å². The fourth-order valence-corrected chi connectivity index (χ4v) is 1.43. The Labute approximate surface area is 87.5 Å². The maximum atomic E-state index is 12.7. The van der Waals surface area contributed by atoms with E-state index in [1.807, 2.05) is 0 Å². The van der Waals surface area contributed by atoms with Crippen molar-refractivity contribution in [2.24, 2.45) is 0 Å². The first kappa shape index (κ1) is 11.5. The van der Waals surface area contributed by atoms with E-state index in [4.69, 9.17) is 9.84 Å². The highest BCUT2D eigenvalue weighted by molar-refractivity contribution is 5.67. The monoisotopic (exact) mass is 212 g/mol. The molecule has 0 spiro atoms. The van der Waals surface area contributed by atoms with Crippen LogP contribution >= 0.6 is 0 Å². The molecule has 1 aromatic rings. The van der Waals surface area contributed by atoms with Crippen LogP contribution in [0.1, 0.15) is 17.5 Å². The zero-order valence-corrected chi connectivity index (χ0v) is 8.50. The average Bonchev–Trinajstić information content (AvgIpc) is 2.25. The maximum absolute atomic E-state index is 12.7. The summed E-state index contributed by atoms with van der Waals surface area (Å²) in [6.45, 7) is -0.640. The summed E-state index contributed by atoms with van der Waals surface area (Å²) in [7, 11) is 1.47. The number of hydrogen-bond acceptors (Lipinski definition) is 2. The normalized spacial score (nSPS) is 10.0. The zero-order chi connectivity index (χ0) is 11.3. The smallest absolute Gasteiger partial charge is 0.303 e. The number of methoxy groups -OCH3 is 1. The van der Waals surface area contributed by atoms with Gasteiger partial charge in [-0.05, 0) is 18.1 Å². The predicted octanol–water partition coefficient (Wildman–Crippen LogP) is 2.18. The van der Waals surface area contributed by atoms with Crippen molar-refractivity contribution in [3.8, 4) is 5.75 Å². The first-order valence-electron chi connectivity index (χ1n) is 4.61. The SMILES string of the molecule is COc1cccc(CCC(=O)O)c1CF. The van der Waals surface area contributed by atoms with Crippen LogP contribution in [0.5, 0.6) is 5.75 Å². The molecule has 3 nitrogen and oxygen atoms in total. The molecule has 0 radical (unpaired) electrons. The van der Waals surface area contributed by atoms with E-state index < -0.39 is 12.6 Å². The van der Waals surface area contributed by atoms with Gasteiger partial charge < -0.3 is 9.84 Å². The molecule has 15 heavy (non-hydrogen) atoms. The van der Waals surface area contributed by atoms with Gasteiger partial charge in [0.2, 0.25) is 0 Å². The third kappa shape index (κ3) is 2.94. The van der Waals surface area contributed by atoms with Gasteiger partial charge in [-0.15, -0.1) is 0 Å². The maximum Gasteiger partial charge on any atom is 0.303 e. The summed E-state index contributed by atoms with van der Waals surface area (Å²) in [5.41, 5.74) is 1.14. The van der Waals surface area contributed by atoms with Gasteiger partial charge in [0.25, 0.3) is 0 Å². The van der Waals surface area contributed by atoms with Crippen molar-refractivity contribution in [1.82, 2.24) is 0 Å². The number of alkyl halides is 1. The van der Waals surface area contributed by atoms with Crippen LogP contribution in [-0.4, -0.2) is 18.2 Å². The molecule has 1 N–H and O–H groups in total. The molecule has 0 atom stereocenters. The number of carboxylic acid groups (broad SMARTS) is 1. The second kappa shape index (κ2) is 5.34. The Bertz CT molecular complexity index is 350. The molecule has 0 unspecified atom stereocenters. The lowest BCUT2D eigenvalue weighted by Gasteiger charge is -2.10. The van der Waals surface area contributed by atoms with E-state index in [0.717, 1.165) is 0 Å². The highest BCUT2D eigenvalue weighted by Gasteiger charge is 2.09. The van der Waals surface area contributed by atoms with Crippen molar-refractivity contribution < 1.29 is 19.0 Å². The van der Waals surface area contributed by atoms with E-state index in [0.29, 0.717) is 23.3 Å². The van der Waals surface area contributed by atoms with Crippen molar-refractivity contribution in [3.63, 3.8) is 0 Å². The Morgan fingerprint density at radius 2 is 2.27 bits per heavy atom. The van der Waals surface area contributed by atoms with Crippen LogP contribution in [-0.2, 0) is 17.9 Å². The van der Waals surface area contributed by atoms with E-state index in [1.54, 1.807) is 18.2 Å². The lowest BCUT2D eigenvalue weighted by atomic mass is 10.0. The molecule has 0 aromatic heterocycles. The van der Waals surface area contributed by atoms with Crippen LogP contribution in [0, 0.1) is 0 Å². The molecule has 0 saturated carbocycles. The lowest BCUT2D eigenvalue weighted by Crippen LogP contribution is -2.01. The van der Waals surface area contributed by atoms with E-state index in [-0.39, 0.29) is 6.42 Å². The number of aliphatic carboxylic acids is 1. The van der Waals surface area contributed by atoms with Gasteiger partial charge in [-0.3, -0.25) is 4.79 Å². The molecular formula is C11H13FO3. The van der Waals surface area contributed by atoms with Gasteiger partial charge in [-0.2, -0.15) is 0 Å². The average molecular weight is 212 g/mol. The fraction of sp³-hybridized carbons (Fsp3) is 0.364. The minimum atomic E-state index is -0.886. The molecule has 82 valence electrons. The molecule has 4 heteroatoms. The number of halogens is 1. The van der Waals surface area contributed by atoms with Crippen molar-refractivity contribution in [2.75, 3.05) is 7.11 Å². The highest BCUT2D eigenvalue weighted by atomic mass is 19.1. The van der Waals surface area contributed by atoms with E-state index in [1.165, 1.54) is 7.11 Å². The molecular weight excluding hydrogens is 199 g/mol. The zero-order valence-electron chi connectivity index (χ0n) is 8.50. The Hall–Kier alpha value is -1.58. The summed E-state index contributed by atoms with van der Waals surface area (Å²) in [6, 6.07) is 5.12. The molecule has 0 saturated heterocycles. The van der Waals surface area contributed by atoms with Crippen molar-refractivity contribution in [2.45, 2.75) is 19.5 Å². The van der Waals surface area contributed by atoms with Gasteiger partial charge in [0.05, 0.1) is 7.11 Å². The lowest BCUT2D eigenvalue weighted by molar-refractivity contribution is -0.136. The number of hydrogen-bond donors (Lipinski definition) is 1. The number of carboxylic acids is 1. The van der Waals surface area contributed by atoms with Gasteiger partial charge >= 0.3 is 5.97 Å². The summed E-state index contributed by atoms with van der Waals surface area (Å²) in [4.78, 5) is 10.4. The Morgan fingerprint density at radius 1 is 1.53 bits per heavy atom. The van der Waals surface area contributed by atoms with Crippen molar-refractivity contribution in [1.29, 1.82) is 0 Å². The van der Waals surface area contributed by atoms with Crippen LogP contribution in [0.4, 0.5) is 4.39 Å². The Morgan fingerprint density at radius 3 is 2.80 bits per heavy atom. The molecule has 0 amide bonds. The van der Waals surface area contributed by atoms with Gasteiger partial charge in [0, 0.05) is 12.0 Å².